The molecular formula is C14H11Br2N3O3S. The standard InChI is InChI=1S/C14H11Br2N3O3S/c15-10-2-3-12(11(16)7-10)17-14(20)9-1-4-13-18-23(21,22)6-5-19(13)8-9/h1-4,7-8H,5-6H2,(H,17,20). The molecule has 3 rings (SSSR count). The maximum absolute atomic E-state index is 12.4. The molecule has 0 aliphatic carbocycles. The molecule has 2 aliphatic rings. The van der Waals surface area contributed by atoms with Gasteiger partial charge in [0, 0.05) is 21.7 Å². The number of amides is 1. The Morgan fingerprint density at radius 2 is 2.04 bits per heavy atom. The van der Waals surface area contributed by atoms with Crippen LogP contribution in [0.4, 0.5) is 5.69 Å². The molecule has 1 amide bonds. The first-order valence-electron chi connectivity index (χ1n) is 6.60. The van der Waals surface area contributed by atoms with Crippen LogP contribution in [0.2, 0.25) is 0 Å². The van der Waals surface area contributed by atoms with E-state index in [1.807, 2.05) is 12.1 Å². The summed E-state index contributed by atoms with van der Waals surface area (Å²) in [6.07, 6.45) is 4.69. The summed E-state index contributed by atoms with van der Waals surface area (Å²) < 4.78 is 28.3. The highest BCUT2D eigenvalue weighted by Crippen LogP contribution is 2.27. The molecule has 1 aromatic carbocycles. The number of nitrogens with one attached hydrogen (secondary N) is 1. The SMILES string of the molecule is O=C(Nc1ccc(Br)cc1Br)C1=CN2CCS(=O)(=O)N=C2C=C1. The Morgan fingerprint density at radius 1 is 1.26 bits per heavy atom. The van der Waals surface area contributed by atoms with E-state index < -0.39 is 10.0 Å². The van der Waals surface area contributed by atoms with E-state index in [2.05, 4.69) is 41.6 Å². The highest BCUT2D eigenvalue weighted by Gasteiger charge is 2.25. The predicted molar refractivity (Wildman–Crippen MR) is 95.6 cm³/mol. The van der Waals surface area contributed by atoms with E-state index in [1.54, 1.807) is 23.2 Å². The Balaban J connectivity index is 1.80. The van der Waals surface area contributed by atoms with Gasteiger partial charge >= 0.3 is 0 Å². The van der Waals surface area contributed by atoms with Crippen LogP contribution in [0.5, 0.6) is 0 Å². The van der Waals surface area contributed by atoms with Gasteiger partial charge in [-0.15, -0.1) is 4.40 Å². The van der Waals surface area contributed by atoms with Crippen molar-refractivity contribution in [3.8, 4) is 0 Å². The molecule has 0 bridgehead atoms. The van der Waals surface area contributed by atoms with Crippen molar-refractivity contribution in [1.29, 1.82) is 0 Å². The molecule has 0 fully saturated rings. The summed E-state index contributed by atoms with van der Waals surface area (Å²) in [7, 11) is -3.39. The van der Waals surface area contributed by atoms with Gasteiger partial charge in [0.05, 0.1) is 17.0 Å². The summed E-state index contributed by atoms with van der Waals surface area (Å²) >= 11 is 6.74. The van der Waals surface area contributed by atoms with Crippen LogP contribution < -0.4 is 5.32 Å². The van der Waals surface area contributed by atoms with Crippen LogP contribution in [0.1, 0.15) is 0 Å². The van der Waals surface area contributed by atoms with Gasteiger partial charge in [0.25, 0.3) is 15.9 Å². The number of fused-ring (bicyclic) bond motifs is 1. The molecular weight excluding hydrogens is 450 g/mol. The van der Waals surface area contributed by atoms with Crippen molar-refractivity contribution in [3.05, 3.63) is 51.1 Å². The second kappa shape index (κ2) is 6.21. The molecule has 23 heavy (non-hydrogen) atoms. The van der Waals surface area contributed by atoms with Gasteiger partial charge in [0.15, 0.2) is 0 Å². The highest BCUT2D eigenvalue weighted by molar-refractivity contribution is 9.11. The van der Waals surface area contributed by atoms with Crippen molar-refractivity contribution in [2.75, 3.05) is 17.6 Å². The number of amidine groups is 1. The third-order valence-corrected chi connectivity index (χ3v) is 5.58. The lowest BCUT2D eigenvalue weighted by molar-refractivity contribution is -0.112. The molecule has 0 unspecified atom stereocenters. The number of hydrogen-bond donors (Lipinski definition) is 1. The summed E-state index contributed by atoms with van der Waals surface area (Å²) in [5.41, 5.74) is 1.08. The average molecular weight is 461 g/mol. The summed E-state index contributed by atoms with van der Waals surface area (Å²) in [4.78, 5) is 14.0. The summed E-state index contributed by atoms with van der Waals surface area (Å²) in [6.45, 7) is 0.282. The average Bonchev–Trinajstić information content (AvgIpc) is 2.48. The smallest absolute Gasteiger partial charge is 0.257 e. The molecule has 2 heterocycles. The largest absolute Gasteiger partial charge is 0.330 e. The normalized spacial score (nSPS) is 18.8. The monoisotopic (exact) mass is 459 g/mol. The minimum atomic E-state index is -3.39. The highest BCUT2D eigenvalue weighted by atomic mass is 79.9. The van der Waals surface area contributed by atoms with Gasteiger partial charge in [-0.25, -0.2) is 8.42 Å². The first-order chi connectivity index (χ1) is 10.8. The van der Waals surface area contributed by atoms with E-state index in [4.69, 9.17) is 0 Å². The van der Waals surface area contributed by atoms with Crippen LogP contribution in [-0.2, 0) is 14.8 Å². The van der Waals surface area contributed by atoms with E-state index >= 15 is 0 Å². The molecule has 0 radical (unpaired) electrons. The first-order valence-corrected chi connectivity index (χ1v) is 9.79. The van der Waals surface area contributed by atoms with Crippen molar-refractivity contribution in [3.63, 3.8) is 0 Å². The molecule has 0 spiro atoms. The van der Waals surface area contributed by atoms with Crippen molar-refractivity contribution in [2.45, 2.75) is 0 Å². The molecule has 120 valence electrons. The minimum Gasteiger partial charge on any atom is -0.330 e. The van der Waals surface area contributed by atoms with Gasteiger partial charge in [-0.2, -0.15) is 0 Å². The van der Waals surface area contributed by atoms with Crippen LogP contribution in [0, 0.1) is 0 Å². The quantitative estimate of drug-likeness (QED) is 0.735. The van der Waals surface area contributed by atoms with Crippen LogP contribution >= 0.6 is 31.9 Å². The second-order valence-electron chi connectivity index (χ2n) is 4.92. The molecule has 1 N–H and O–H groups in total. The van der Waals surface area contributed by atoms with Crippen molar-refractivity contribution >= 4 is 59.3 Å². The van der Waals surface area contributed by atoms with E-state index in [0.29, 0.717) is 17.1 Å². The Labute approximate surface area is 150 Å². The maximum Gasteiger partial charge on any atom is 0.257 e. The molecule has 0 saturated heterocycles. The van der Waals surface area contributed by atoms with Crippen LogP contribution in [0.3, 0.4) is 0 Å². The van der Waals surface area contributed by atoms with E-state index in [1.165, 1.54) is 6.08 Å². The summed E-state index contributed by atoms with van der Waals surface area (Å²) in [5, 5.41) is 2.81. The van der Waals surface area contributed by atoms with Gasteiger partial charge in [-0.05, 0) is 46.3 Å². The zero-order chi connectivity index (χ0) is 16.6. The van der Waals surface area contributed by atoms with Crippen molar-refractivity contribution < 1.29 is 13.2 Å². The summed E-state index contributed by atoms with van der Waals surface area (Å²) in [6, 6.07) is 5.44. The van der Waals surface area contributed by atoms with Gasteiger partial charge in [0.2, 0.25) is 0 Å². The number of anilines is 1. The Morgan fingerprint density at radius 3 is 2.78 bits per heavy atom. The lowest BCUT2D eigenvalue weighted by Gasteiger charge is -2.27. The number of halogens is 2. The maximum atomic E-state index is 12.4. The third kappa shape index (κ3) is 3.73. The number of sulfonamides is 1. The number of nitrogens with zero attached hydrogens (tertiary/aromatic N) is 2. The lowest BCUT2D eigenvalue weighted by Crippen LogP contribution is -2.37. The second-order valence-corrected chi connectivity index (χ2v) is 8.45. The van der Waals surface area contributed by atoms with E-state index in [0.717, 1.165) is 8.95 Å². The number of carbonyl (C=O) groups is 1. The molecule has 0 saturated carbocycles. The third-order valence-electron chi connectivity index (χ3n) is 3.27. The topological polar surface area (TPSA) is 78.8 Å². The van der Waals surface area contributed by atoms with Crippen LogP contribution in [0.25, 0.3) is 0 Å². The lowest BCUT2D eigenvalue weighted by atomic mass is 10.1. The Kier molecular flexibility index (Phi) is 4.43. The molecule has 0 aromatic heterocycles. The fraction of sp³-hybridized carbons (Fsp3) is 0.143. The predicted octanol–water partition coefficient (Wildman–Crippen LogP) is 2.65. The van der Waals surface area contributed by atoms with Gasteiger partial charge in [-0.3, -0.25) is 4.79 Å². The Bertz CT molecular complexity index is 875. The first kappa shape index (κ1) is 16.4. The van der Waals surface area contributed by atoms with E-state index in [9.17, 15) is 13.2 Å². The zero-order valence-electron chi connectivity index (χ0n) is 11.7. The summed E-state index contributed by atoms with van der Waals surface area (Å²) in [5.74, 6) is -0.0112. The zero-order valence-corrected chi connectivity index (χ0v) is 15.7. The molecule has 0 atom stereocenters. The molecule has 9 heteroatoms. The fourth-order valence-electron chi connectivity index (χ4n) is 2.12. The number of rotatable bonds is 2. The van der Waals surface area contributed by atoms with Gasteiger partial charge in [-0.1, -0.05) is 15.9 Å². The van der Waals surface area contributed by atoms with Crippen molar-refractivity contribution in [2.24, 2.45) is 4.40 Å². The number of benzene rings is 1. The molecule has 2 aliphatic heterocycles. The van der Waals surface area contributed by atoms with Crippen LogP contribution in [0.15, 0.2) is 55.5 Å². The fourth-order valence-corrected chi connectivity index (χ4v) is 4.24. The van der Waals surface area contributed by atoms with Gasteiger partial charge in [0.1, 0.15) is 5.84 Å². The Hall–Kier alpha value is -1.45. The molecule has 1 aromatic rings. The van der Waals surface area contributed by atoms with E-state index in [-0.39, 0.29) is 18.2 Å². The van der Waals surface area contributed by atoms with Crippen LogP contribution in [-0.4, -0.2) is 37.4 Å². The van der Waals surface area contributed by atoms with Gasteiger partial charge < -0.3 is 10.2 Å². The minimum absolute atomic E-state index is 0.0615. The molecule has 6 nitrogen and oxygen atoms in total. The number of carbonyl (C=O) groups excluding carboxylic acids is 1. The number of hydrogen-bond acceptors (Lipinski definition) is 4. The van der Waals surface area contributed by atoms with Crippen molar-refractivity contribution in [1.82, 2.24) is 4.90 Å².